The molecule has 0 aromatic carbocycles. The number of nitrogens with zero attached hydrogens (tertiary/aromatic N) is 2. The monoisotopic (exact) mass is 296 g/mol. The van der Waals surface area contributed by atoms with E-state index in [1.54, 1.807) is 11.0 Å². The molecule has 1 N–H and O–H groups in total. The highest BCUT2D eigenvalue weighted by Gasteiger charge is 2.21. The third-order valence-corrected chi connectivity index (χ3v) is 3.72. The summed E-state index contributed by atoms with van der Waals surface area (Å²) in [5.41, 5.74) is 0.131. The van der Waals surface area contributed by atoms with E-state index in [-0.39, 0.29) is 29.3 Å². The van der Waals surface area contributed by atoms with Crippen LogP contribution in [0.2, 0.25) is 0 Å². The van der Waals surface area contributed by atoms with Gasteiger partial charge in [-0.25, -0.2) is 9.78 Å². The minimum atomic E-state index is -1.03. The molecule has 110 valence electrons. The van der Waals surface area contributed by atoms with Crippen LogP contribution in [-0.4, -0.2) is 44.7 Å². The molecule has 6 heteroatoms. The first-order valence-corrected chi connectivity index (χ1v) is 7.45. The Morgan fingerprint density at radius 1 is 1.30 bits per heavy atom. The summed E-state index contributed by atoms with van der Waals surface area (Å²) < 4.78 is 0. The van der Waals surface area contributed by atoms with Gasteiger partial charge in [0.2, 0.25) is 5.91 Å². The molecule has 0 unspecified atom stereocenters. The number of rotatable bonds is 6. The van der Waals surface area contributed by atoms with Crippen molar-refractivity contribution < 1.29 is 14.7 Å². The van der Waals surface area contributed by atoms with Crippen LogP contribution >= 0.6 is 11.8 Å². The van der Waals surface area contributed by atoms with Crippen molar-refractivity contribution in [2.45, 2.75) is 44.8 Å². The molecule has 0 aliphatic rings. The number of amides is 1. The number of pyridine rings is 1. The fourth-order valence-electron chi connectivity index (χ4n) is 2.05. The zero-order chi connectivity index (χ0) is 15.3. The Kier molecular flexibility index (Phi) is 6.01. The highest BCUT2D eigenvalue weighted by molar-refractivity contribution is 8.00. The molecule has 0 aliphatic carbocycles. The maximum Gasteiger partial charge on any atom is 0.338 e. The normalized spacial score (nSPS) is 10.9. The van der Waals surface area contributed by atoms with E-state index in [2.05, 4.69) is 4.98 Å². The summed E-state index contributed by atoms with van der Waals surface area (Å²) in [4.78, 5) is 29.1. The molecule has 0 aliphatic heterocycles. The van der Waals surface area contributed by atoms with Gasteiger partial charge in [-0.05, 0) is 39.8 Å². The third kappa shape index (κ3) is 4.23. The molecule has 0 saturated carbocycles. The fourth-order valence-corrected chi connectivity index (χ4v) is 2.90. The molecular weight excluding hydrogens is 276 g/mol. The lowest BCUT2D eigenvalue weighted by Gasteiger charge is -2.30. The van der Waals surface area contributed by atoms with E-state index in [4.69, 9.17) is 5.11 Å². The maximum absolute atomic E-state index is 12.2. The molecule has 0 saturated heterocycles. The highest BCUT2D eigenvalue weighted by Crippen LogP contribution is 2.21. The van der Waals surface area contributed by atoms with Crippen LogP contribution in [0.15, 0.2) is 23.4 Å². The molecule has 0 spiro atoms. The van der Waals surface area contributed by atoms with Crippen LogP contribution in [0.25, 0.3) is 0 Å². The number of carboxylic acids is 1. The summed E-state index contributed by atoms with van der Waals surface area (Å²) in [6.07, 6.45) is 1.53. The zero-order valence-corrected chi connectivity index (χ0v) is 13.0. The summed E-state index contributed by atoms with van der Waals surface area (Å²) in [6, 6.07) is 3.30. The molecule has 0 radical (unpaired) electrons. The number of carbonyl (C=O) groups excluding carboxylic acids is 1. The minimum absolute atomic E-state index is 0.0120. The SMILES string of the molecule is CC(C)N(C(=O)CSc1ncccc1C(=O)O)C(C)C. The van der Waals surface area contributed by atoms with E-state index in [0.29, 0.717) is 5.03 Å². The topological polar surface area (TPSA) is 70.5 Å². The van der Waals surface area contributed by atoms with Gasteiger partial charge in [-0.15, -0.1) is 0 Å². The standard InChI is InChI=1S/C14H20N2O3S/c1-9(2)16(10(3)4)12(17)8-20-13-11(14(18)19)6-5-7-15-13/h5-7,9-10H,8H2,1-4H3,(H,18,19). The number of carbonyl (C=O) groups is 2. The lowest BCUT2D eigenvalue weighted by molar-refractivity contribution is -0.131. The molecule has 1 amide bonds. The molecule has 1 heterocycles. The summed E-state index contributed by atoms with van der Waals surface area (Å²) in [5, 5.41) is 9.44. The second-order valence-corrected chi connectivity index (χ2v) is 5.90. The van der Waals surface area contributed by atoms with Crippen LogP contribution < -0.4 is 0 Å². The number of aromatic carboxylic acids is 1. The van der Waals surface area contributed by atoms with Crippen molar-refractivity contribution in [3.63, 3.8) is 0 Å². The molecular formula is C14H20N2O3S. The van der Waals surface area contributed by atoms with Crippen molar-refractivity contribution >= 4 is 23.6 Å². The Hall–Kier alpha value is -1.56. The Morgan fingerprint density at radius 2 is 1.90 bits per heavy atom. The lowest BCUT2D eigenvalue weighted by Crippen LogP contribution is -2.43. The van der Waals surface area contributed by atoms with Gasteiger partial charge in [0, 0.05) is 18.3 Å². The summed E-state index contributed by atoms with van der Waals surface area (Å²) in [5.74, 6) is -0.854. The van der Waals surface area contributed by atoms with Gasteiger partial charge in [0.1, 0.15) is 5.03 Å². The van der Waals surface area contributed by atoms with Gasteiger partial charge in [0.15, 0.2) is 0 Å². The first-order valence-electron chi connectivity index (χ1n) is 6.46. The number of hydrogen-bond donors (Lipinski definition) is 1. The van der Waals surface area contributed by atoms with E-state index in [1.165, 1.54) is 12.3 Å². The number of hydrogen-bond acceptors (Lipinski definition) is 4. The second kappa shape index (κ2) is 7.28. The van der Waals surface area contributed by atoms with E-state index in [9.17, 15) is 9.59 Å². The Morgan fingerprint density at radius 3 is 2.40 bits per heavy atom. The van der Waals surface area contributed by atoms with E-state index in [0.717, 1.165) is 11.8 Å². The average molecular weight is 296 g/mol. The van der Waals surface area contributed by atoms with Crippen molar-refractivity contribution in [1.82, 2.24) is 9.88 Å². The van der Waals surface area contributed by atoms with E-state index < -0.39 is 5.97 Å². The predicted octanol–water partition coefficient (Wildman–Crippen LogP) is 2.52. The van der Waals surface area contributed by atoms with Crippen LogP contribution in [0.4, 0.5) is 0 Å². The van der Waals surface area contributed by atoms with Gasteiger partial charge in [0.25, 0.3) is 0 Å². The van der Waals surface area contributed by atoms with Crippen molar-refractivity contribution in [3.05, 3.63) is 23.9 Å². The van der Waals surface area contributed by atoms with Gasteiger partial charge in [0.05, 0.1) is 11.3 Å². The molecule has 1 rings (SSSR count). The Balaban J connectivity index is 2.77. The van der Waals surface area contributed by atoms with E-state index in [1.807, 2.05) is 27.7 Å². The van der Waals surface area contributed by atoms with Gasteiger partial charge >= 0.3 is 5.97 Å². The lowest BCUT2D eigenvalue weighted by atomic mass is 10.2. The largest absolute Gasteiger partial charge is 0.478 e. The molecule has 5 nitrogen and oxygen atoms in total. The average Bonchev–Trinajstić information content (AvgIpc) is 2.35. The van der Waals surface area contributed by atoms with E-state index >= 15 is 0 Å². The first kappa shape index (κ1) is 16.5. The molecule has 1 aromatic rings. The quantitative estimate of drug-likeness (QED) is 0.817. The predicted molar refractivity (Wildman–Crippen MR) is 79.0 cm³/mol. The van der Waals surface area contributed by atoms with Crippen LogP contribution in [0.3, 0.4) is 0 Å². The highest BCUT2D eigenvalue weighted by atomic mass is 32.2. The number of carboxylic acid groups (broad SMARTS) is 1. The van der Waals surface area contributed by atoms with Crippen molar-refractivity contribution in [3.8, 4) is 0 Å². The summed E-state index contributed by atoms with van der Waals surface area (Å²) in [7, 11) is 0. The van der Waals surface area contributed by atoms with Gasteiger partial charge < -0.3 is 10.0 Å². The van der Waals surface area contributed by atoms with Crippen molar-refractivity contribution in [2.24, 2.45) is 0 Å². The molecule has 0 fully saturated rings. The molecule has 1 aromatic heterocycles. The first-order chi connectivity index (χ1) is 9.34. The molecule has 0 bridgehead atoms. The van der Waals surface area contributed by atoms with Gasteiger partial charge in [-0.2, -0.15) is 0 Å². The van der Waals surface area contributed by atoms with Crippen molar-refractivity contribution in [1.29, 1.82) is 0 Å². The van der Waals surface area contributed by atoms with Crippen LogP contribution in [0.1, 0.15) is 38.1 Å². The maximum atomic E-state index is 12.2. The fraction of sp³-hybridized carbons (Fsp3) is 0.500. The van der Waals surface area contributed by atoms with Gasteiger partial charge in [-0.3, -0.25) is 4.79 Å². The van der Waals surface area contributed by atoms with Crippen LogP contribution in [0.5, 0.6) is 0 Å². The summed E-state index contributed by atoms with van der Waals surface area (Å²) >= 11 is 1.16. The smallest absolute Gasteiger partial charge is 0.338 e. The van der Waals surface area contributed by atoms with Crippen molar-refractivity contribution in [2.75, 3.05) is 5.75 Å². The minimum Gasteiger partial charge on any atom is -0.478 e. The van der Waals surface area contributed by atoms with Crippen LogP contribution in [0, 0.1) is 0 Å². The number of thioether (sulfide) groups is 1. The Bertz CT molecular complexity index is 481. The molecule has 20 heavy (non-hydrogen) atoms. The van der Waals surface area contributed by atoms with Crippen LogP contribution in [-0.2, 0) is 4.79 Å². The third-order valence-electron chi connectivity index (χ3n) is 2.73. The zero-order valence-electron chi connectivity index (χ0n) is 12.2. The summed E-state index contributed by atoms with van der Waals surface area (Å²) in [6.45, 7) is 7.86. The second-order valence-electron chi connectivity index (χ2n) is 4.94. The van der Waals surface area contributed by atoms with Gasteiger partial charge in [-0.1, -0.05) is 11.8 Å². The Labute approximate surface area is 123 Å². The number of aromatic nitrogens is 1. The molecule has 0 atom stereocenters.